The fourth-order valence-electron chi connectivity index (χ4n) is 2.18. The van der Waals surface area contributed by atoms with Crippen molar-refractivity contribution in [3.63, 3.8) is 0 Å². The molecule has 0 saturated heterocycles. The van der Waals surface area contributed by atoms with Crippen LogP contribution in [0.2, 0.25) is 5.02 Å². The number of hydrogen-bond acceptors (Lipinski definition) is 5. The van der Waals surface area contributed by atoms with Crippen LogP contribution in [0, 0.1) is 11.3 Å². The van der Waals surface area contributed by atoms with Gasteiger partial charge < -0.3 is 5.32 Å². The van der Waals surface area contributed by atoms with Crippen LogP contribution >= 0.6 is 22.9 Å². The Morgan fingerprint density at radius 2 is 1.81 bits per heavy atom. The number of rotatable bonds is 4. The van der Waals surface area contributed by atoms with E-state index < -0.39 is 15.7 Å². The molecule has 26 heavy (non-hydrogen) atoms. The maximum absolute atomic E-state index is 12.6. The molecule has 0 aliphatic carbocycles. The number of thiophene rings is 1. The van der Waals surface area contributed by atoms with Crippen molar-refractivity contribution in [2.45, 2.75) is 9.10 Å². The van der Waals surface area contributed by atoms with Crippen LogP contribution < -0.4 is 5.32 Å². The topological polar surface area (TPSA) is 87.0 Å². The zero-order chi connectivity index (χ0) is 18.7. The van der Waals surface area contributed by atoms with Gasteiger partial charge in [0.15, 0.2) is 0 Å². The molecule has 0 aliphatic rings. The normalized spacial score (nSPS) is 10.9. The van der Waals surface area contributed by atoms with Crippen LogP contribution in [0.15, 0.2) is 69.8 Å². The van der Waals surface area contributed by atoms with Gasteiger partial charge in [-0.25, -0.2) is 8.42 Å². The van der Waals surface area contributed by atoms with Gasteiger partial charge in [-0.3, -0.25) is 4.79 Å². The molecule has 1 heterocycles. The van der Waals surface area contributed by atoms with Gasteiger partial charge in [0, 0.05) is 10.7 Å². The minimum absolute atomic E-state index is 0.0655. The largest absolute Gasteiger partial charge is 0.321 e. The van der Waals surface area contributed by atoms with Gasteiger partial charge in [0.1, 0.15) is 4.21 Å². The third-order valence-corrected chi connectivity index (χ3v) is 7.04. The van der Waals surface area contributed by atoms with Crippen molar-refractivity contribution in [2.24, 2.45) is 0 Å². The molecule has 0 aliphatic heterocycles. The van der Waals surface area contributed by atoms with Crippen LogP contribution in [0.25, 0.3) is 0 Å². The fourth-order valence-corrected chi connectivity index (χ4v) is 4.91. The molecule has 1 N–H and O–H groups in total. The molecule has 0 bridgehead atoms. The molecule has 0 unspecified atom stereocenters. The molecular weight excluding hydrogens is 392 g/mol. The summed E-state index contributed by atoms with van der Waals surface area (Å²) in [7, 11) is -3.72. The smallest absolute Gasteiger partial charge is 0.265 e. The molecule has 1 amide bonds. The van der Waals surface area contributed by atoms with Gasteiger partial charge in [-0.2, -0.15) is 5.26 Å². The van der Waals surface area contributed by atoms with Crippen molar-refractivity contribution in [3.05, 3.63) is 76.1 Å². The minimum atomic E-state index is -3.72. The van der Waals surface area contributed by atoms with Crippen LogP contribution in [0.5, 0.6) is 0 Å². The van der Waals surface area contributed by atoms with E-state index in [2.05, 4.69) is 5.32 Å². The molecule has 0 spiro atoms. The van der Waals surface area contributed by atoms with Crippen molar-refractivity contribution >= 4 is 44.4 Å². The number of benzene rings is 2. The Labute approximate surface area is 159 Å². The second kappa shape index (κ2) is 7.30. The average molecular weight is 403 g/mol. The van der Waals surface area contributed by atoms with Crippen LogP contribution in [0.1, 0.15) is 15.2 Å². The molecule has 2 aromatic carbocycles. The van der Waals surface area contributed by atoms with Crippen LogP contribution in [0.4, 0.5) is 5.69 Å². The summed E-state index contributed by atoms with van der Waals surface area (Å²) in [5.41, 5.74) is 0.879. The third-order valence-electron chi connectivity index (χ3n) is 3.44. The number of nitriles is 1. The summed E-state index contributed by atoms with van der Waals surface area (Å²) in [5, 5.41) is 12.0. The number of carbonyl (C=O) groups is 1. The summed E-state index contributed by atoms with van der Waals surface area (Å²) < 4.78 is 25.3. The Bertz CT molecular complexity index is 1110. The highest BCUT2D eigenvalue weighted by molar-refractivity contribution is 7.93. The molecule has 1 aromatic heterocycles. The molecule has 3 aromatic rings. The summed E-state index contributed by atoms with van der Waals surface area (Å²) in [6.45, 7) is 0. The molecule has 0 radical (unpaired) electrons. The Morgan fingerprint density at radius 3 is 2.50 bits per heavy atom. The predicted molar refractivity (Wildman–Crippen MR) is 100 cm³/mol. The standard InChI is InChI=1S/C18H11ClN2O3S2/c19-13-4-6-15(7-5-13)26(23,24)17-9-8-16(25-17)18(22)21-14-3-1-2-12(10-14)11-20/h1-10H,(H,21,22). The molecular formula is C18H11ClN2O3S2. The van der Waals surface area contributed by atoms with E-state index in [4.69, 9.17) is 16.9 Å². The number of nitrogens with one attached hydrogen (secondary N) is 1. The molecule has 130 valence electrons. The van der Waals surface area contributed by atoms with Gasteiger partial charge in [0.25, 0.3) is 5.91 Å². The lowest BCUT2D eigenvalue weighted by atomic mass is 10.2. The second-order valence-electron chi connectivity index (χ2n) is 5.22. The maximum atomic E-state index is 12.6. The van der Waals surface area contributed by atoms with E-state index in [1.807, 2.05) is 6.07 Å². The van der Waals surface area contributed by atoms with Gasteiger partial charge in [-0.05, 0) is 54.6 Å². The molecule has 0 saturated carbocycles. The van der Waals surface area contributed by atoms with E-state index in [0.717, 1.165) is 11.3 Å². The van der Waals surface area contributed by atoms with Crippen molar-refractivity contribution in [1.29, 1.82) is 5.26 Å². The van der Waals surface area contributed by atoms with Crippen molar-refractivity contribution in [1.82, 2.24) is 0 Å². The lowest BCUT2D eigenvalue weighted by molar-refractivity contribution is 0.103. The quantitative estimate of drug-likeness (QED) is 0.702. The molecule has 3 rings (SSSR count). The average Bonchev–Trinajstić information content (AvgIpc) is 3.13. The van der Waals surface area contributed by atoms with Crippen molar-refractivity contribution in [3.8, 4) is 6.07 Å². The van der Waals surface area contributed by atoms with Gasteiger partial charge in [-0.15, -0.1) is 11.3 Å². The lowest BCUT2D eigenvalue weighted by Crippen LogP contribution is -2.10. The Hall–Kier alpha value is -2.66. The van der Waals surface area contributed by atoms with E-state index in [1.165, 1.54) is 42.5 Å². The van der Waals surface area contributed by atoms with Crippen LogP contribution in [-0.2, 0) is 9.84 Å². The van der Waals surface area contributed by atoms with E-state index in [1.54, 1.807) is 18.2 Å². The minimum Gasteiger partial charge on any atom is -0.321 e. The molecule has 8 heteroatoms. The van der Waals surface area contributed by atoms with Crippen molar-refractivity contribution < 1.29 is 13.2 Å². The molecule has 0 fully saturated rings. The SMILES string of the molecule is N#Cc1cccc(NC(=O)c2ccc(S(=O)(=O)c3ccc(Cl)cc3)s2)c1. The number of nitrogens with zero attached hydrogens (tertiary/aromatic N) is 1. The van der Waals surface area contributed by atoms with Gasteiger partial charge in [-0.1, -0.05) is 17.7 Å². The first-order valence-electron chi connectivity index (χ1n) is 7.32. The zero-order valence-electron chi connectivity index (χ0n) is 13.1. The monoisotopic (exact) mass is 402 g/mol. The Kier molecular flexibility index (Phi) is 5.09. The summed E-state index contributed by atoms with van der Waals surface area (Å²) in [5.74, 6) is -0.442. The first-order valence-corrected chi connectivity index (χ1v) is 10.00. The molecule has 0 atom stereocenters. The highest BCUT2D eigenvalue weighted by atomic mass is 35.5. The highest BCUT2D eigenvalue weighted by Crippen LogP contribution is 2.29. The Morgan fingerprint density at radius 1 is 1.08 bits per heavy atom. The number of hydrogen-bond donors (Lipinski definition) is 1. The zero-order valence-corrected chi connectivity index (χ0v) is 15.5. The van der Waals surface area contributed by atoms with Gasteiger partial charge in [0.05, 0.1) is 21.4 Å². The number of amides is 1. The number of halogens is 1. The predicted octanol–water partition coefficient (Wildman–Crippen LogP) is 4.36. The number of carbonyl (C=O) groups excluding carboxylic acids is 1. The van der Waals surface area contributed by atoms with E-state index in [-0.39, 0.29) is 14.0 Å². The van der Waals surface area contributed by atoms with E-state index in [9.17, 15) is 13.2 Å². The van der Waals surface area contributed by atoms with Crippen molar-refractivity contribution in [2.75, 3.05) is 5.32 Å². The summed E-state index contributed by atoms with van der Waals surface area (Å²) >= 11 is 6.66. The van der Waals surface area contributed by atoms with Gasteiger partial charge >= 0.3 is 0 Å². The number of anilines is 1. The van der Waals surface area contributed by atoms with E-state index in [0.29, 0.717) is 16.3 Å². The maximum Gasteiger partial charge on any atom is 0.265 e. The molecule has 5 nitrogen and oxygen atoms in total. The highest BCUT2D eigenvalue weighted by Gasteiger charge is 2.21. The fraction of sp³-hybridized carbons (Fsp3) is 0. The third kappa shape index (κ3) is 3.78. The van der Waals surface area contributed by atoms with Crippen LogP contribution in [-0.4, -0.2) is 14.3 Å². The first-order chi connectivity index (χ1) is 12.4. The second-order valence-corrected chi connectivity index (χ2v) is 8.92. The summed E-state index contributed by atoms with van der Waals surface area (Å²) in [6.07, 6.45) is 0. The van der Waals surface area contributed by atoms with Gasteiger partial charge in [0.2, 0.25) is 9.84 Å². The summed E-state index contributed by atoms with van der Waals surface area (Å²) in [6, 6.07) is 17.1. The van der Waals surface area contributed by atoms with E-state index >= 15 is 0 Å². The number of sulfone groups is 1. The first kappa shape index (κ1) is 18.1. The lowest BCUT2D eigenvalue weighted by Gasteiger charge is -2.04. The Balaban J connectivity index is 1.84. The van der Waals surface area contributed by atoms with Crippen LogP contribution in [0.3, 0.4) is 0 Å². The summed E-state index contributed by atoms with van der Waals surface area (Å²) in [4.78, 5) is 12.7.